The molecule has 1 heterocycles. The van der Waals surface area contributed by atoms with Crippen LogP contribution in [0.25, 0.3) is 0 Å². The molecule has 1 aromatic carbocycles. The largest absolute Gasteiger partial charge is 0.454 e. The molecule has 0 saturated heterocycles. The maximum absolute atomic E-state index is 12.3. The number of amides is 1. The quantitative estimate of drug-likeness (QED) is 0.569. The Labute approximate surface area is 141 Å². The first-order chi connectivity index (χ1) is 11.2. The maximum atomic E-state index is 12.3. The number of nitrogens with zero attached hydrogens (tertiary/aromatic N) is 1. The Morgan fingerprint density at radius 2 is 1.96 bits per heavy atom. The van der Waals surface area contributed by atoms with Gasteiger partial charge in [-0.25, -0.2) is 0 Å². The van der Waals surface area contributed by atoms with E-state index in [0.717, 1.165) is 17.7 Å². The van der Waals surface area contributed by atoms with E-state index in [0.29, 0.717) is 13.1 Å². The van der Waals surface area contributed by atoms with Crippen LogP contribution >= 0.6 is 11.8 Å². The van der Waals surface area contributed by atoms with Crippen molar-refractivity contribution >= 4 is 23.6 Å². The van der Waals surface area contributed by atoms with Gasteiger partial charge in [0, 0.05) is 13.1 Å². The van der Waals surface area contributed by atoms with Gasteiger partial charge in [-0.3, -0.25) is 9.59 Å². The highest BCUT2D eigenvalue weighted by atomic mass is 32.2. The third-order valence-corrected chi connectivity index (χ3v) is 4.82. The van der Waals surface area contributed by atoms with Gasteiger partial charge in [-0.15, -0.1) is 24.9 Å². The van der Waals surface area contributed by atoms with Gasteiger partial charge in [-0.2, -0.15) is 0 Å². The molecule has 0 saturated carbocycles. The van der Waals surface area contributed by atoms with Crippen molar-refractivity contribution in [3.8, 4) is 0 Å². The lowest BCUT2D eigenvalue weighted by Gasteiger charge is -2.24. The second-order valence-corrected chi connectivity index (χ2v) is 6.40. The van der Waals surface area contributed by atoms with Crippen LogP contribution in [-0.4, -0.2) is 42.2 Å². The number of ether oxygens (including phenoxy) is 1. The highest BCUT2D eigenvalue weighted by Crippen LogP contribution is 2.37. The van der Waals surface area contributed by atoms with E-state index in [4.69, 9.17) is 4.74 Å². The molecule has 0 N–H and O–H groups in total. The summed E-state index contributed by atoms with van der Waals surface area (Å²) in [6.07, 6.45) is 4.23. The molecule has 4 nitrogen and oxygen atoms in total. The van der Waals surface area contributed by atoms with E-state index in [9.17, 15) is 9.59 Å². The van der Waals surface area contributed by atoms with Gasteiger partial charge >= 0.3 is 5.97 Å². The Morgan fingerprint density at radius 1 is 1.26 bits per heavy atom. The van der Waals surface area contributed by atoms with Crippen LogP contribution in [0.5, 0.6) is 0 Å². The number of aryl methyl sites for hydroxylation is 1. The van der Waals surface area contributed by atoms with Crippen molar-refractivity contribution in [3.63, 3.8) is 0 Å². The van der Waals surface area contributed by atoms with Gasteiger partial charge < -0.3 is 9.64 Å². The molecule has 1 amide bonds. The summed E-state index contributed by atoms with van der Waals surface area (Å²) in [6.45, 7) is 7.80. The topological polar surface area (TPSA) is 46.6 Å². The van der Waals surface area contributed by atoms with Gasteiger partial charge in [0.25, 0.3) is 5.91 Å². The Balaban J connectivity index is 1.96. The Hall–Kier alpha value is -2.01. The first kappa shape index (κ1) is 17.3. The van der Waals surface area contributed by atoms with E-state index in [1.165, 1.54) is 10.5 Å². The zero-order chi connectivity index (χ0) is 16.7. The average Bonchev–Trinajstić information content (AvgIpc) is 2.58. The number of carbonyl (C=O) groups excluding carboxylic acids is 2. The highest BCUT2D eigenvalue weighted by molar-refractivity contribution is 8.00. The first-order valence-corrected chi connectivity index (χ1v) is 8.58. The zero-order valence-electron chi connectivity index (χ0n) is 13.1. The van der Waals surface area contributed by atoms with Crippen LogP contribution < -0.4 is 0 Å². The Morgan fingerprint density at radius 3 is 2.65 bits per heavy atom. The molecule has 0 aliphatic carbocycles. The van der Waals surface area contributed by atoms with Gasteiger partial charge in [-0.1, -0.05) is 36.4 Å². The summed E-state index contributed by atoms with van der Waals surface area (Å²) < 4.78 is 5.25. The van der Waals surface area contributed by atoms with Crippen molar-refractivity contribution in [2.24, 2.45) is 0 Å². The van der Waals surface area contributed by atoms with Gasteiger partial charge in [0.05, 0.1) is 0 Å². The van der Waals surface area contributed by atoms with Gasteiger partial charge in [0.1, 0.15) is 5.25 Å². The Bertz CT molecular complexity index is 590. The number of benzene rings is 1. The molecule has 1 aromatic rings. The normalized spacial score (nSPS) is 16.1. The molecule has 122 valence electrons. The standard InChI is InChI=1S/C18H21NO3S/c1-3-10-19(11-4-2)16(20)13-22-18(21)17-15-8-6-5-7-14(15)9-12-23-17/h3-8,17H,1-2,9-13H2/t17-/m1/s1. The van der Waals surface area contributed by atoms with Crippen LogP contribution in [0.2, 0.25) is 0 Å². The number of hydrogen-bond acceptors (Lipinski definition) is 4. The predicted octanol–water partition coefficient (Wildman–Crippen LogP) is 2.76. The van der Waals surface area contributed by atoms with Crippen LogP contribution in [0.4, 0.5) is 0 Å². The number of hydrogen-bond donors (Lipinski definition) is 0. The van der Waals surface area contributed by atoms with Gasteiger partial charge in [0.15, 0.2) is 6.61 Å². The molecule has 0 aromatic heterocycles. The Kier molecular flexibility index (Phi) is 6.47. The third-order valence-electron chi connectivity index (χ3n) is 3.60. The van der Waals surface area contributed by atoms with Gasteiger partial charge in [-0.05, 0) is 23.3 Å². The minimum absolute atomic E-state index is 0.243. The smallest absolute Gasteiger partial charge is 0.324 e. The van der Waals surface area contributed by atoms with Crippen molar-refractivity contribution in [2.45, 2.75) is 11.7 Å². The molecule has 1 atom stereocenters. The number of fused-ring (bicyclic) bond motifs is 1. The molecule has 2 rings (SSSR count). The summed E-state index contributed by atoms with van der Waals surface area (Å²) >= 11 is 1.56. The summed E-state index contributed by atoms with van der Waals surface area (Å²) in [5, 5.41) is -0.347. The lowest BCUT2D eigenvalue weighted by atomic mass is 10.0. The van der Waals surface area contributed by atoms with Crippen LogP contribution in [0.15, 0.2) is 49.6 Å². The number of thioether (sulfide) groups is 1. The fourth-order valence-corrected chi connectivity index (χ4v) is 3.67. The third kappa shape index (κ3) is 4.48. The minimum atomic E-state index is -0.354. The van der Waals surface area contributed by atoms with Crippen molar-refractivity contribution in [3.05, 3.63) is 60.7 Å². The zero-order valence-corrected chi connectivity index (χ0v) is 13.9. The fraction of sp³-hybridized carbons (Fsp3) is 0.333. The number of esters is 1. The highest BCUT2D eigenvalue weighted by Gasteiger charge is 2.28. The molecule has 1 aliphatic rings. The monoisotopic (exact) mass is 331 g/mol. The van der Waals surface area contributed by atoms with E-state index < -0.39 is 0 Å². The van der Waals surface area contributed by atoms with Crippen molar-refractivity contribution in [1.29, 1.82) is 0 Å². The van der Waals surface area contributed by atoms with Crippen molar-refractivity contribution < 1.29 is 14.3 Å². The summed E-state index contributed by atoms with van der Waals surface area (Å²) in [4.78, 5) is 26.0. The van der Waals surface area contributed by atoms with Crippen LogP contribution in [0, 0.1) is 0 Å². The number of rotatable bonds is 7. The SMILES string of the molecule is C=CCN(CC=C)C(=O)COC(=O)[C@@H]1SCCc2ccccc21. The van der Waals surface area contributed by atoms with Crippen molar-refractivity contribution in [1.82, 2.24) is 4.90 Å². The summed E-state index contributed by atoms with van der Waals surface area (Å²) in [7, 11) is 0. The second kappa shape index (κ2) is 8.58. The van der Waals surface area contributed by atoms with E-state index in [2.05, 4.69) is 13.2 Å². The molecule has 0 unspecified atom stereocenters. The summed E-state index contributed by atoms with van der Waals surface area (Å²) in [6, 6.07) is 7.89. The van der Waals surface area contributed by atoms with Crippen LogP contribution in [0.1, 0.15) is 16.4 Å². The molecule has 5 heteroatoms. The summed E-state index contributed by atoms with van der Waals surface area (Å²) in [5.74, 6) is 0.281. The molecule has 23 heavy (non-hydrogen) atoms. The fourth-order valence-electron chi connectivity index (χ4n) is 2.48. The molecule has 0 bridgehead atoms. The lowest BCUT2D eigenvalue weighted by Crippen LogP contribution is -2.35. The maximum Gasteiger partial charge on any atom is 0.324 e. The summed E-state index contributed by atoms with van der Waals surface area (Å²) in [5.41, 5.74) is 2.18. The molecule has 0 fully saturated rings. The van der Waals surface area contributed by atoms with Crippen LogP contribution in [0.3, 0.4) is 0 Å². The van der Waals surface area contributed by atoms with Crippen molar-refractivity contribution in [2.75, 3.05) is 25.4 Å². The molecule has 1 aliphatic heterocycles. The molecular formula is C18H21NO3S. The predicted molar refractivity (Wildman–Crippen MR) is 93.3 cm³/mol. The minimum Gasteiger partial charge on any atom is -0.454 e. The van der Waals surface area contributed by atoms with Gasteiger partial charge in [0.2, 0.25) is 0 Å². The van der Waals surface area contributed by atoms with Crippen LogP contribution in [-0.2, 0) is 20.7 Å². The van der Waals surface area contributed by atoms with E-state index >= 15 is 0 Å². The van der Waals surface area contributed by atoms with E-state index in [1.807, 2.05) is 24.3 Å². The van der Waals surface area contributed by atoms with E-state index in [1.54, 1.807) is 23.9 Å². The number of carbonyl (C=O) groups is 2. The second-order valence-electron chi connectivity index (χ2n) is 5.18. The van der Waals surface area contributed by atoms with E-state index in [-0.39, 0.29) is 23.7 Å². The average molecular weight is 331 g/mol. The lowest BCUT2D eigenvalue weighted by molar-refractivity contribution is -0.151. The molecule has 0 radical (unpaired) electrons. The first-order valence-electron chi connectivity index (χ1n) is 7.53. The molecule has 0 spiro atoms. The molecular weight excluding hydrogens is 310 g/mol.